The molecule has 10 heavy (non-hydrogen) atoms. The van der Waals surface area contributed by atoms with Gasteiger partial charge in [0.05, 0.1) is 6.61 Å². The summed E-state index contributed by atoms with van der Waals surface area (Å²) in [6, 6.07) is 0.547. The average Bonchev–Trinajstić information content (AvgIpc) is 1.90. The van der Waals surface area contributed by atoms with Crippen LogP contribution in [-0.4, -0.2) is 24.3 Å². The Balaban J connectivity index is 0.000000810. The third-order valence-corrected chi connectivity index (χ3v) is 1.61. The van der Waals surface area contributed by atoms with E-state index in [9.17, 15) is 0 Å². The van der Waals surface area contributed by atoms with Crippen molar-refractivity contribution in [2.75, 3.05) is 13.2 Å². The number of hydrogen-bond donors (Lipinski definition) is 0. The fourth-order valence-electron chi connectivity index (χ4n) is 1.02. The molecule has 1 rings (SSSR count). The van der Waals surface area contributed by atoms with E-state index in [4.69, 9.17) is 4.84 Å². The van der Waals surface area contributed by atoms with E-state index in [0.29, 0.717) is 6.04 Å². The molecule has 0 bridgehead atoms. The Hall–Kier alpha value is -0.0800. The summed E-state index contributed by atoms with van der Waals surface area (Å²) < 4.78 is 0. The molecule has 1 aliphatic rings. The zero-order chi connectivity index (χ0) is 6.69. The fraction of sp³-hybridized carbons (Fsp3) is 1.00. The van der Waals surface area contributed by atoms with Gasteiger partial charge in [-0.1, -0.05) is 7.43 Å². The molecule has 0 aromatic rings. The first-order valence-electron chi connectivity index (χ1n) is 3.70. The van der Waals surface area contributed by atoms with Crippen molar-refractivity contribution in [3.63, 3.8) is 0 Å². The lowest BCUT2D eigenvalue weighted by Gasteiger charge is -2.29. The molecule has 0 radical (unpaired) electrons. The number of nitrogens with zero attached hydrogens (tertiary/aromatic N) is 1. The molecule has 0 N–H and O–H groups in total. The van der Waals surface area contributed by atoms with Gasteiger partial charge in [0, 0.05) is 12.6 Å². The van der Waals surface area contributed by atoms with Crippen molar-refractivity contribution in [2.45, 2.75) is 40.2 Å². The van der Waals surface area contributed by atoms with E-state index in [1.165, 1.54) is 12.8 Å². The predicted molar refractivity (Wildman–Crippen MR) is 43.8 cm³/mol. The maximum Gasteiger partial charge on any atom is 0.0685 e. The minimum atomic E-state index is 0. The lowest BCUT2D eigenvalue weighted by Crippen LogP contribution is -2.35. The lowest BCUT2D eigenvalue weighted by atomic mass is 10.2. The van der Waals surface area contributed by atoms with Gasteiger partial charge in [0.1, 0.15) is 0 Å². The van der Waals surface area contributed by atoms with E-state index in [1.54, 1.807) is 0 Å². The molecule has 1 heterocycles. The Morgan fingerprint density at radius 2 is 2.00 bits per heavy atom. The van der Waals surface area contributed by atoms with Crippen LogP contribution in [0.5, 0.6) is 0 Å². The van der Waals surface area contributed by atoms with Crippen LogP contribution in [-0.2, 0) is 4.84 Å². The Morgan fingerprint density at radius 1 is 1.30 bits per heavy atom. The summed E-state index contributed by atoms with van der Waals surface area (Å²) in [6.45, 7) is 6.34. The number of hydrogen-bond acceptors (Lipinski definition) is 2. The van der Waals surface area contributed by atoms with Gasteiger partial charge in [0.25, 0.3) is 0 Å². The van der Waals surface area contributed by atoms with Crippen molar-refractivity contribution in [2.24, 2.45) is 0 Å². The fourth-order valence-corrected chi connectivity index (χ4v) is 1.02. The first-order chi connectivity index (χ1) is 4.30. The summed E-state index contributed by atoms with van der Waals surface area (Å²) >= 11 is 0. The van der Waals surface area contributed by atoms with Crippen molar-refractivity contribution >= 4 is 0 Å². The molecule has 0 spiro atoms. The van der Waals surface area contributed by atoms with Crippen molar-refractivity contribution in [3.05, 3.63) is 0 Å². The smallest absolute Gasteiger partial charge is 0.0685 e. The minimum Gasteiger partial charge on any atom is -0.299 e. The molecule has 0 aromatic carbocycles. The minimum absolute atomic E-state index is 0. The molecule has 0 aromatic heterocycles. The molecule has 0 amide bonds. The second-order valence-electron chi connectivity index (χ2n) is 2.77. The van der Waals surface area contributed by atoms with Crippen LogP contribution in [0.4, 0.5) is 0 Å². The number of hydroxylamine groups is 2. The summed E-state index contributed by atoms with van der Waals surface area (Å²) in [5, 5.41) is 2.06. The molecule has 0 unspecified atom stereocenters. The highest BCUT2D eigenvalue weighted by Gasteiger charge is 2.12. The van der Waals surface area contributed by atoms with E-state index >= 15 is 0 Å². The topological polar surface area (TPSA) is 12.5 Å². The predicted octanol–water partition coefficient (Wildman–Crippen LogP) is 2.06. The van der Waals surface area contributed by atoms with Gasteiger partial charge in [0.15, 0.2) is 0 Å². The van der Waals surface area contributed by atoms with Crippen molar-refractivity contribution in [3.8, 4) is 0 Å². The Labute approximate surface area is 64.1 Å². The summed E-state index contributed by atoms with van der Waals surface area (Å²) in [7, 11) is 0. The van der Waals surface area contributed by atoms with Crippen LogP contribution >= 0.6 is 0 Å². The summed E-state index contributed by atoms with van der Waals surface area (Å²) in [4.78, 5) is 5.37. The van der Waals surface area contributed by atoms with E-state index < -0.39 is 0 Å². The van der Waals surface area contributed by atoms with Gasteiger partial charge in [-0.05, 0) is 26.7 Å². The van der Waals surface area contributed by atoms with E-state index in [2.05, 4.69) is 18.9 Å². The molecule has 0 aliphatic carbocycles. The van der Waals surface area contributed by atoms with Crippen LogP contribution in [0.15, 0.2) is 0 Å². The van der Waals surface area contributed by atoms with Gasteiger partial charge < -0.3 is 0 Å². The van der Waals surface area contributed by atoms with Gasteiger partial charge in [-0.3, -0.25) is 4.84 Å². The highest BCUT2D eigenvalue weighted by atomic mass is 16.7. The molecular weight excluding hydrogens is 126 g/mol. The Morgan fingerprint density at radius 3 is 2.30 bits per heavy atom. The van der Waals surface area contributed by atoms with Crippen LogP contribution < -0.4 is 0 Å². The van der Waals surface area contributed by atoms with Crippen LogP contribution in [0.2, 0.25) is 0 Å². The third-order valence-electron chi connectivity index (χ3n) is 1.61. The first kappa shape index (κ1) is 9.92. The first-order valence-corrected chi connectivity index (χ1v) is 3.70. The largest absolute Gasteiger partial charge is 0.299 e. The van der Waals surface area contributed by atoms with Crippen LogP contribution in [0.1, 0.15) is 34.1 Å². The van der Waals surface area contributed by atoms with E-state index in [0.717, 1.165) is 13.2 Å². The molecule has 0 saturated carbocycles. The molecule has 0 atom stereocenters. The van der Waals surface area contributed by atoms with Crippen molar-refractivity contribution < 1.29 is 4.84 Å². The third kappa shape index (κ3) is 2.67. The van der Waals surface area contributed by atoms with Gasteiger partial charge in [-0.25, -0.2) is 0 Å². The van der Waals surface area contributed by atoms with E-state index in [1.807, 2.05) is 0 Å². The highest BCUT2D eigenvalue weighted by Crippen LogP contribution is 2.08. The Bertz CT molecular complexity index is 77.3. The molecule has 1 fully saturated rings. The maximum absolute atomic E-state index is 5.37. The lowest BCUT2D eigenvalue weighted by molar-refractivity contribution is -0.199. The monoisotopic (exact) mass is 145 g/mol. The Kier molecular flexibility index (Phi) is 4.65. The summed E-state index contributed by atoms with van der Waals surface area (Å²) in [5.74, 6) is 0. The second kappa shape index (κ2) is 4.69. The highest BCUT2D eigenvalue weighted by molar-refractivity contribution is 4.56. The SMILES string of the molecule is C.CC(C)N1CCCCO1. The summed E-state index contributed by atoms with van der Waals surface area (Å²) in [5.41, 5.74) is 0. The van der Waals surface area contributed by atoms with E-state index in [-0.39, 0.29) is 7.43 Å². The maximum atomic E-state index is 5.37. The van der Waals surface area contributed by atoms with Crippen molar-refractivity contribution in [1.82, 2.24) is 5.06 Å². The van der Waals surface area contributed by atoms with Gasteiger partial charge in [-0.2, -0.15) is 5.06 Å². The molecule has 62 valence electrons. The molecule has 1 saturated heterocycles. The van der Waals surface area contributed by atoms with Crippen molar-refractivity contribution in [1.29, 1.82) is 0 Å². The van der Waals surface area contributed by atoms with Crippen LogP contribution in [0.25, 0.3) is 0 Å². The van der Waals surface area contributed by atoms with Gasteiger partial charge in [-0.15, -0.1) is 0 Å². The molecule has 1 aliphatic heterocycles. The quantitative estimate of drug-likeness (QED) is 0.560. The molecule has 2 heteroatoms. The molecular formula is C8H19NO. The standard InChI is InChI=1S/C7H15NO.CH4/c1-7(2)8-5-3-4-6-9-8;/h7H,3-6H2,1-2H3;1H4. The molecule has 2 nitrogen and oxygen atoms in total. The van der Waals surface area contributed by atoms with Crippen LogP contribution in [0.3, 0.4) is 0 Å². The summed E-state index contributed by atoms with van der Waals surface area (Å²) in [6.07, 6.45) is 2.52. The normalized spacial score (nSPS) is 20.7. The van der Waals surface area contributed by atoms with Gasteiger partial charge >= 0.3 is 0 Å². The number of rotatable bonds is 1. The second-order valence-corrected chi connectivity index (χ2v) is 2.77. The van der Waals surface area contributed by atoms with Gasteiger partial charge in [0.2, 0.25) is 0 Å². The zero-order valence-corrected chi connectivity index (χ0v) is 6.26. The zero-order valence-electron chi connectivity index (χ0n) is 6.26. The van der Waals surface area contributed by atoms with Crippen LogP contribution in [0, 0.1) is 0 Å². The average molecular weight is 145 g/mol.